The molecule has 0 spiro atoms. The average Bonchev–Trinajstić information content (AvgIpc) is 2.80. The van der Waals surface area contributed by atoms with Gasteiger partial charge in [0.1, 0.15) is 0 Å². The molecule has 1 N–H and O–H groups in total. The highest BCUT2D eigenvalue weighted by molar-refractivity contribution is 5.78. The topological polar surface area (TPSA) is 32.3 Å². The van der Waals surface area contributed by atoms with Crippen molar-refractivity contribution in [3.05, 3.63) is 0 Å². The summed E-state index contributed by atoms with van der Waals surface area (Å²) in [5.74, 6) is 0.697. The molecule has 0 radical (unpaired) electrons. The lowest BCUT2D eigenvalue weighted by atomic mass is 9.90. The van der Waals surface area contributed by atoms with Crippen LogP contribution in [0, 0.1) is 5.92 Å². The molecule has 0 aromatic heterocycles. The molecule has 2 aliphatic rings. The van der Waals surface area contributed by atoms with Crippen LogP contribution in [0.5, 0.6) is 0 Å². The van der Waals surface area contributed by atoms with Crippen LogP contribution in [-0.4, -0.2) is 37.0 Å². The van der Waals surface area contributed by atoms with Crippen molar-refractivity contribution in [2.24, 2.45) is 5.92 Å². The number of likely N-dealkylation sites (N-methyl/N-ethyl adjacent to an activating group) is 1. The van der Waals surface area contributed by atoms with Gasteiger partial charge in [-0.05, 0) is 32.2 Å². The minimum atomic E-state index is 0.303. The van der Waals surface area contributed by atoms with Gasteiger partial charge in [-0.15, -0.1) is 0 Å². The normalized spacial score (nSPS) is 26.6. The van der Waals surface area contributed by atoms with Crippen molar-refractivity contribution in [1.82, 2.24) is 10.2 Å². The third-order valence-corrected chi connectivity index (χ3v) is 4.49. The number of hydrogen-bond acceptors (Lipinski definition) is 2. The van der Waals surface area contributed by atoms with E-state index < -0.39 is 0 Å². The molecular weight excluding hydrogens is 224 g/mol. The number of rotatable bonds is 3. The van der Waals surface area contributed by atoms with Crippen LogP contribution in [0.1, 0.15) is 57.8 Å². The Hall–Kier alpha value is -0.570. The molecule has 0 aromatic rings. The zero-order valence-corrected chi connectivity index (χ0v) is 11.8. The SMILES string of the molecule is CN(CC1CCCN1)C(=O)C1CCCCCCC1. The first-order valence-corrected chi connectivity index (χ1v) is 7.76. The first-order chi connectivity index (χ1) is 8.77. The van der Waals surface area contributed by atoms with Gasteiger partial charge < -0.3 is 10.2 Å². The zero-order valence-electron chi connectivity index (χ0n) is 11.8. The minimum Gasteiger partial charge on any atom is -0.344 e. The van der Waals surface area contributed by atoms with E-state index in [4.69, 9.17) is 0 Å². The third-order valence-electron chi connectivity index (χ3n) is 4.49. The molecule has 3 nitrogen and oxygen atoms in total. The van der Waals surface area contributed by atoms with Gasteiger partial charge in [-0.3, -0.25) is 4.79 Å². The van der Waals surface area contributed by atoms with Crippen LogP contribution >= 0.6 is 0 Å². The van der Waals surface area contributed by atoms with Gasteiger partial charge in [0.25, 0.3) is 0 Å². The standard InChI is InChI=1S/C15H28N2O/c1-17(12-14-10-7-11-16-14)15(18)13-8-5-3-2-4-6-9-13/h13-14,16H,2-12H2,1H3. The summed E-state index contributed by atoms with van der Waals surface area (Å²) in [7, 11) is 1.99. The largest absolute Gasteiger partial charge is 0.344 e. The zero-order chi connectivity index (χ0) is 12.8. The van der Waals surface area contributed by atoms with E-state index in [1.54, 1.807) is 0 Å². The van der Waals surface area contributed by atoms with Gasteiger partial charge in [0.2, 0.25) is 5.91 Å². The van der Waals surface area contributed by atoms with Crippen LogP contribution in [-0.2, 0) is 4.79 Å². The number of nitrogens with zero attached hydrogens (tertiary/aromatic N) is 1. The summed E-state index contributed by atoms with van der Waals surface area (Å²) in [4.78, 5) is 14.4. The van der Waals surface area contributed by atoms with Crippen molar-refractivity contribution in [1.29, 1.82) is 0 Å². The molecule has 2 rings (SSSR count). The van der Waals surface area contributed by atoms with Crippen LogP contribution in [0.4, 0.5) is 0 Å². The lowest BCUT2D eigenvalue weighted by Gasteiger charge is -2.27. The van der Waals surface area contributed by atoms with Crippen LogP contribution in [0.15, 0.2) is 0 Å². The molecule has 0 bridgehead atoms. The molecule has 1 atom stereocenters. The summed E-state index contributed by atoms with van der Waals surface area (Å²) in [5.41, 5.74) is 0. The van der Waals surface area contributed by atoms with Crippen molar-refractivity contribution >= 4 is 5.91 Å². The Bertz CT molecular complexity index is 253. The molecule has 1 aliphatic carbocycles. The van der Waals surface area contributed by atoms with Crippen molar-refractivity contribution in [2.75, 3.05) is 20.1 Å². The van der Waals surface area contributed by atoms with E-state index in [-0.39, 0.29) is 0 Å². The van der Waals surface area contributed by atoms with E-state index in [2.05, 4.69) is 5.32 Å². The van der Waals surface area contributed by atoms with Crippen molar-refractivity contribution in [3.63, 3.8) is 0 Å². The van der Waals surface area contributed by atoms with Gasteiger partial charge in [0.05, 0.1) is 0 Å². The van der Waals surface area contributed by atoms with Gasteiger partial charge in [0, 0.05) is 25.6 Å². The Balaban J connectivity index is 1.79. The maximum atomic E-state index is 12.4. The molecule has 2 fully saturated rings. The predicted octanol–water partition coefficient (Wildman–Crippen LogP) is 2.56. The fourth-order valence-corrected chi connectivity index (χ4v) is 3.35. The fourth-order valence-electron chi connectivity index (χ4n) is 3.35. The monoisotopic (exact) mass is 252 g/mol. The number of amides is 1. The number of hydrogen-bond donors (Lipinski definition) is 1. The second-order valence-electron chi connectivity index (χ2n) is 6.05. The molecule has 0 aromatic carbocycles. The summed E-state index contributed by atoms with van der Waals surface area (Å²) < 4.78 is 0. The fraction of sp³-hybridized carbons (Fsp3) is 0.933. The van der Waals surface area contributed by atoms with E-state index in [1.807, 2.05) is 11.9 Å². The molecule has 18 heavy (non-hydrogen) atoms. The lowest BCUT2D eigenvalue weighted by Crippen LogP contribution is -2.41. The molecule has 3 heteroatoms. The summed E-state index contributed by atoms with van der Waals surface area (Å²) in [6, 6.07) is 0.535. The summed E-state index contributed by atoms with van der Waals surface area (Å²) >= 11 is 0. The Morgan fingerprint density at radius 1 is 1.06 bits per heavy atom. The van der Waals surface area contributed by atoms with E-state index in [1.165, 1.54) is 44.9 Å². The molecule has 1 unspecified atom stereocenters. The third kappa shape index (κ3) is 3.98. The second kappa shape index (κ2) is 7.13. The summed E-state index contributed by atoms with van der Waals surface area (Å²) in [5, 5.41) is 3.47. The summed E-state index contributed by atoms with van der Waals surface area (Å²) in [6.07, 6.45) is 11.2. The smallest absolute Gasteiger partial charge is 0.225 e. The number of nitrogens with one attached hydrogen (secondary N) is 1. The van der Waals surface area contributed by atoms with Crippen LogP contribution < -0.4 is 5.32 Å². The van der Waals surface area contributed by atoms with Crippen molar-refractivity contribution in [2.45, 2.75) is 63.8 Å². The highest BCUT2D eigenvalue weighted by atomic mass is 16.2. The molecular formula is C15H28N2O. The summed E-state index contributed by atoms with van der Waals surface area (Å²) in [6.45, 7) is 2.02. The quantitative estimate of drug-likeness (QED) is 0.837. The Labute approximate surface area is 111 Å². The van der Waals surface area contributed by atoms with Crippen molar-refractivity contribution in [3.8, 4) is 0 Å². The van der Waals surface area contributed by atoms with Crippen LogP contribution in [0.2, 0.25) is 0 Å². The minimum absolute atomic E-state index is 0.303. The van der Waals surface area contributed by atoms with E-state index >= 15 is 0 Å². The maximum Gasteiger partial charge on any atom is 0.225 e. The molecule has 1 amide bonds. The average molecular weight is 252 g/mol. The van der Waals surface area contributed by atoms with E-state index in [0.29, 0.717) is 17.9 Å². The Kier molecular flexibility index (Phi) is 5.48. The molecule has 1 aliphatic heterocycles. The van der Waals surface area contributed by atoms with Crippen LogP contribution in [0.3, 0.4) is 0 Å². The van der Waals surface area contributed by atoms with Gasteiger partial charge in [-0.25, -0.2) is 0 Å². The highest BCUT2D eigenvalue weighted by Gasteiger charge is 2.25. The van der Waals surface area contributed by atoms with Crippen LogP contribution in [0.25, 0.3) is 0 Å². The number of carbonyl (C=O) groups excluding carboxylic acids is 1. The molecule has 104 valence electrons. The molecule has 1 saturated heterocycles. The van der Waals surface area contributed by atoms with Crippen molar-refractivity contribution < 1.29 is 4.79 Å². The predicted molar refractivity (Wildman–Crippen MR) is 74.5 cm³/mol. The molecule has 1 saturated carbocycles. The van der Waals surface area contributed by atoms with E-state index in [9.17, 15) is 4.79 Å². The lowest BCUT2D eigenvalue weighted by molar-refractivity contribution is -0.135. The molecule has 1 heterocycles. The van der Waals surface area contributed by atoms with Gasteiger partial charge in [0.15, 0.2) is 0 Å². The Morgan fingerprint density at radius 3 is 2.33 bits per heavy atom. The Morgan fingerprint density at radius 2 is 1.72 bits per heavy atom. The van der Waals surface area contributed by atoms with E-state index in [0.717, 1.165) is 25.9 Å². The second-order valence-corrected chi connectivity index (χ2v) is 6.05. The highest BCUT2D eigenvalue weighted by Crippen LogP contribution is 2.24. The van der Waals surface area contributed by atoms with Gasteiger partial charge in [-0.1, -0.05) is 32.1 Å². The number of carbonyl (C=O) groups is 1. The van der Waals surface area contributed by atoms with Gasteiger partial charge >= 0.3 is 0 Å². The maximum absolute atomic E-state index is 12.4. The van der Waals surface area contributed by atoms with Gasteiger partial charge in [-0.2, -0.15) is 0 Å². The first kappa shape index (κ1) is 13.9. The first-order valence-electron chi connectivity index (χ1n) is 7.76.